The zero-order chi connectivity index (χ0) is 27.4. The van der Waals surface area contributed by atoms with Crippen molar-refractivity contribution in [3.63, 3.8) is 0 Å². The molecule has 3 rings (SSSR count). The Hall–Kier alpha value is -2.64. The highest BCUT2D eigenvalue weighted by Crippen LogP contribution is 2.36. The molecular weight excluding hydrogens is 481 g/mol. The minimum absolute atomic E-state index is 0.139. The van der Waals surface area contributed by atoms with Crippen LogP contribution in [0.2, 0.25) is 18.1 Å². The molecule has 0 saturated carbocycles. The van der Waals surface area contributed by atoms with E-state index in [9.17, 15) is 9.18 Å². The van der Waals surface area contributed by atoms with Gasteiger partial charge in [0.15, 0.2) is 8.32 Å². The lowest BCUT2D eigenvalue weighted by atomic mass is 9.92. The molecule has 0 amide bonds. The second-order valence-corrected chi connectivity index (χ2v) is 17.2. The summed E-state index contributed by atoms with van der Waals surface area (Å²) in [6.07, 6.45) is 3.82. The van der Waals surface area contributed by atoms with Crippen LogP contribution in [0.5, 0.6) is 0 Å². The van der Waals surface area contributed by atoms with E-state index >= 15 is 0 Å². The third-order valence-corrected chi connectivity index (χ3v) is 11.7. The minimum atomic E-state index is -1.76. The van der Waals surface area contributed by atoms with Crippen LogP contribution in [0.25, 0.3) is 5.69 Å². The van der Waals surface area contributed by atoms with Crippen LogP contribution in [-0.2, 0) is 33.9 Å². The summed E-state index contributed by atoms with van der Waals surface area (Å²) in [5.41, 5.74) is 4.21. The van der Waals surface area contributed by atoms with Crippen LogP contribution in [0.15, 0.2) is 48.7 Å². The Labute approximate surface area is 222 Å². The topological polar surface area (TPSA) is 57.0 Å². The number of ketones is 1. The molecule has 0 spiro atoms. The Morgan fingerprint density at radius 3 is 2.35 bits per heavy atom. The van der Waals surface area contributed by atoms with E-state index in [0.29, 0.717) is 31.6 Å². The Balaban J connectivity index is 1.59. The smallest absolute Gasteiger partial charge is 0.191 e. The SMILES string of the molecule is CC(C)(C)c1cc(CCC(=O)Cc2ccc(CCO[Si](C)(C)C(C)(C)C)nc2)n(-c2cccc(F)c2)n1. The van der Waals surface area contributed by atoms with E-state index in [0.717, 1.165) is 29.1 Å². The number of hydrogen-bond acceptors (Lipinski definition) is 4. The summed E-state index contributed by atoms with van der Waals surface area (Å²) in [4.78, 5) is 17.4. The summed E-state index contributed by atoms with van der Waals surface area (Å²) in [7, 11) is -1.76. The van der Waals surface area contributed by atoms with Crippen LogP contribution in [0.4, 0.5) is 4.39 Å². The highest BCUT2D eigenvalue weighted by atomic mass is 28.4. The Morgan fingerprint density at radius 2 is 1.76 bits per heavy atom. The van der Waals surface area contributed by atoms with Gasteiger partial charge in [0.05, 0.1) is 11.4 Å². The Kier molecular flexibility index (Phi) is 8.91. The molecule has 200 valence electrons. The van der Waals surface area contributed by atoms with Gasteiger partial charge in [-0.1, -0.05) is 53.7 Å². The van der Waals surface area contributed by atoms with Gasteiger partial charge < -0.3 is 4.43 Å². The molecule has 0 aliphatic heterocycles. The van der Waals surface area contributed by atoms with Gasteiger partial charge in [-0.2, -0.15) is 5.10 Å². The molecular formula is C30H42FN3O2Si. The highest BCUT2D eigenvalue weighted by Gasteiger charge is 2.36. The van der Waals surface area contributed by atoms with Gasteiger partial charge in [0.2, 0.25) is 0 Å². The minimum Gasteiger partial charge on any atom is -0.416 e. The van der Waals surface area contributed by atoms with E-state index in [-0.39, 0.29) is 22.1 Å². The van der Waals surface area contributed by atoms with Gasteiger partial charge in [-0.05, 0) is 60.4 Å². The van der Waals surface area contributed by atoms with Crippen LogP contribution in [0.3, 0.4) is 0 Å². The summed E-state index contributed by atoms with van der Waals surface area (Å²) < 4.78 is 21.9. The molecule has 0 unspecified atom stereocenters. The normalized spacial score (nSPS) is 12.7. The molecule has 1 aromatic carbocycles. The summed E-state index contributed by atoms with van der Waals surface area (Å²) in [6, 6.07) is 12.4. The number of aryl methyl sites for hydroxylation is 1. The van der Waals surface area contributed by atoms with Gasteiger partial charge in [-0.3, -0.25) is 9.78 Å². The number of Topliss-reactive ketones (excluding diaryl/α,β-unsaturated/α-hetero) is 1. The van der Waals surface area contributed by atoms with Crippen molar-refractivity contribution in [2.24, 2.45) is 0 Å². The maximum absolute atomic E-state index is 13.9. The van der Waals surface area contributed by atoms with E-state index < -0.39 is 8.32 Å². The molecule has 5 nitrogen and oxygen atoms in total. The van der Waals surface area contributed by atoms with E-state index in [2.05, 4.69) is 59.6 Å². The number of carbonyl (C=O) groups excluding carboxylic acids is 1. The molecule has 0 aliphatic carbocycles. The van der Waals surface area contributed by atoms with Gasteiger partial charge in [0.25, 0.3) is 0 Å². The number of halogens is 1. The van der Waals surface area contributed by atoms with Gasteiger partial charge in [0, 0.05) is 48.9 Å². The molecule has 7 heteroatoms. The first-order valence-corrected chi connectivity index (χ1v) is 16.0. The number of hydrogen-bond donors (Lipinski definition) is 0. The van der Waals surface area contributed by atoms with Gasteiger partial charge in [-0.25, -0.2) is 9.07 Å². The number of pyridine rings is 1. The van der Waals surface area contributed by atoms with Crippen LogP contribution in [0.1, 0.15) is 70.6 Å². The molecule has 37 heavy (non-hydrogen) atoms. The molecule has 0 atom stereocenters. The standard InChI is InChI=1S/C30H42FN3O2Si/c1-29(2,3)28-20-26(34(33-28)25-11-9-10-23(31)19-25)14-15-27(35)18-22-12-13-24(32-21-22)16-17-36-37(7,8)30(4,5)6/h9-13,19-21H,14-18H2,1-8H3. The molecule has 3 aromatic rings. The maximum Gasteiger partial charge on any atom is 0.191 e. The summed E-state index contributed by atoms with van der Waals surface area (Å²) in [5, 5.41) is 4.93. The Morgan fingerprint density at radius 1 is 1.03 bits per heavy atom. The van der Waals surface area contributed by atoms with Crippen molar-refractivity contribution in [1.82, 2.24) is 14.8 Å². The zero-order valence-corrected chi connectivity index (χ0v) is 24.7. The third kappa shape index (κ3) is 7.92. The van der Waals surface area contributed by atoms with Crippen LogP contribution < -0.4 is 0 Å². The van der Waals surface area contributed by atoms with Crippen LogP contribution >= 0.6 is 0 Å². The van der Waals surface area contributed by atoms with Crippen molar-refractivity contribution in [2.45, 2.75) is 90.8 Å². The van der Waals surface area contributed by atoms with Crippen molar-refractivity contribution in [2.75, 3.05) is 6.61 Å². The zero-order valence-electron chi connectivity index (χ0n) is 23.7. The first-order chi connectivity index (χ1) is 17.2. The van der Waals surface area contributed by atoms with Crippen molar-refractivity contribution in [1.29, 1.82) is 0 Å². The summed E-state index contributed by atoms with van der Waals surface area (Å²) in [5.74, 6) is -0.171. The number of aromatic nitrogens is 3. The van der Waals surface area contributed by atoms with Crippen LogP contribution in [-0.4, -0.2) is 35.5 Å². The quantitative estimate of drug-likeness (QED) is 0.268. The van der Waals surface area contributed by atoms with Crippen molar-refractivity contribution in [3.8, 4) is 5.69 Å². The molecule has 0 aliphatic rings. The largest absolute Gasteiger partial charge is 0.416 e. The second-order valence-electron chi connectivity index (χ2n) is 12.4. The van der Waals surface area contributed by atoms with Crippen molar-refractivity contribution in [3.05, 3.63) is 77.1 Å². The fraction of sp³-hybridized carbons (Fsp3) is 0.500. The van der Waals surface area contributed by atoms with E-state index in [1.165, 1.54) is 12.1 Å². The van der Waals surface area contributed by atoms with E-state index in [1.54, 1.807) is 16.9 Å². The highest BCUT2D eigenvalue weighted by molar-refractivity contribution is 6.74. The first-order valence-electron chi connectivity index (χ1n) is 13.1. The molecule has 2 heterocycles. The fourth-order valence-corrected chi connectivity index (χ4v) is 4.76. The predicted octanol–water partition coefficient (Wildman–Crippen LogP) is 7.01. The summed E-state index contributed by atoms with van der Waals surface area (Å²) >= 11 is 0. The van der Waals surface area contributed by atoms with E-state index in [1.807, 2.05) is 24.3 Å². The molecule has 0 fully saturated rings. The van der Waals surface area contributed by atoms with Gasteiger partial charge in [-0.15, -0.1) is 0 Å². The average Bonchev–Trinajstić information content (AvgIpc) is 3.23. The van der Waals surface area contributed by atoms with Gasteiger partial charge in [0.1, 0.15) is 11.6 Å². The molecule has 0 radical (unpaired) electrons. The fourth-order valence-electron chi connectivity index (χ4n) is 3.71. The monoisotopic (exact) mass is 523 g/mol. The number of rotatable bonds is 10. The molecule has 0 saturated heterocycles. The average molecular weight is 524 g/mol. The number of carbonyl (C=O) groups is 1. The lowest BCUT2D eigenvalue weighted by Crippen LogP contribution is -2.41. The van der Waals surface area contributed by atoms with E-state index in [4.69, 9.17) is 9.52 Å². The van der Waals surface area contributed by atoms with Crippen molar-refractivity contribution < 1.29 is 13.6 Å². The summed E-state index contributed by atoms with van der Waals surface area (Å²) in [6.45, 7) is 18.2. The lowest BCUT2D eigenvalue weighted by molar-refractivity contribution is -0.118. The lowest BCUT2D eigenvalue weighted by Gasteiger charge is -2.36. The Bertz CT molecular complexity index is 1200. The van der Waals surface area contributed by atoms with Crippen molar-refractivity contribution >= 4 is 14.1 Å². The molecule has 0 bridgehead atoms. The van der Waals surface area contributed by atoms with Crippen LogP contribution in [0, 0.1) is 5.82 Å². The maximum atomic E-state index is 13.9. The predicted molar refractivity (Wildman–Crippen MR) is 150 cm³/mol. The first kappa shape index (κ1) is 28.9. The number of nitrogens with zero attached hydrogens (tertiary/aromatic N) is 3. The van der Waals surface area contributed by atoms with Gasteiger partial charge >= 0.3 is 0 Å². The third-order valence-electron chi connectivity index (χ3n) is 7.18. The molecule has 0 N–H and O–H groups in total. The number of benzene rings is 1. The molecule has 2 aromatic heterocycles. The second kappa shape index (κ2) is 11.4.